The fraction of sp³-hybridized carbons (Fsp3) is 0.458. The van der Waals surface area contributed by atoms with Gasteiger partial charge in [0.1, 0.15) is 22.8 Å². The Balaban J connectivity index is 1.76. The van der Waals surface area contributed by atoms with Gasteiger partial charge >= 0.3 is 0 Å². The Morgan fingerprint density at radius 2 is 1.76 bits per heavy atom. The molecule has 2 aromatic rings. The Morgan fingerprint density at radius 1 is 1.10 bits per heavy atom. The number of benzene rings is 2. The molecule has 2 aromatic carbocycles. The van der Waals surface area contributed by atoms with Gasteiger partial charge in [-0.25, -0.2) is 0 Å². The van der Waals surface area contributed by atoms with Crippen LogP contribution in [0.25, 0.3) is 0 Å². The topological polar surface area (TPSA) is 56.8 Å². The molecule has 0 unspecified atom stereocenters. The standard InChI is InChI=1S/C24H31NO4/c1-5-21(28-18-14-12-17(27-4)13-15-18)23(26)25-20-16-24(6-2,7-3)29-22-11-9-8-10-19(20)22/h8-15,20-21H,5-7,16H2,1-4H3,(H,25,26)/t20-,21-/m0/s1. The minimum Gasteiger partial charge on any atom is -0.497 e. The van der Waals surface area contributed by atoms with Crippen LogP contribution >= 0.6 is 0 Å². The normalized spacial score (nSPS) is 18.1. The number of fused-ring (bicyclic) bond motifs is 1. The highest BCUT2D eigenvalue weighted by Crippen LogP contribution is 2.42. The summed E-state index contributed by atoms with van der Waals surface area (Å²) in [7, 11) is 1.62. The van der Waals surface area contributed by atoms with Crippen LogP contribution in [0.15, 0.2) is 48.5 Å². The predicted octanol–water partition coefficient (Wildman–Crippen LogP) is 5.05. The second-order valence-electron chi connectivity index (χ2n) is 7.49. The molecule has 1 N–H and O–H groups in total. The number of carbonyl (C=O) groups excluding carboxylic acids is 1. The Hall–Kier alpha value is -2.69. The van der Waals surface area contributed by atoms with E-state index in [1.807, 2.05) is 55.5 Å². The van der Waals surface area contributed by atoms with E-state index in [1.54, 1.807) is 7.11 Å². The molecule has 2 atom stereocenters. The third kappa shape index (κ3) is 4.66. The third-order valence-electron chi connectivity index (χ3n) is 5.80. The van der Waals surface area contributed by atoms with Crippen molar-refractivity contribution < 1.29 is 19.0 Å². The molecule has 1 aliphatic heterocycles. The number of para-hydroxylation sites is 1. The van der Waals surface area contributed by atoms with E-state index in [4.69, 9.17) is 14.2 Å². The van der Waals surface area contributed by atoms with Gasteiger partial charge in [-0.1, -0.05) is 39.0 Å². The molecule has 0 radical (unpaired) electrons. The first-order valence-electron chi connectivity index (χ1n) is 10.4. The Kier molecular flexibility index (Phi) is 6.68. The lowest BCUT2D eigenvalue weighted by Gasteiger charge is -2.42. The molecule has 0 spiro atoms. The number of methoxy groups -OCH3 is 1. The summed E-state index contributed by atoms with van der Waals surface area (Å²) in [6, 6.07) is 15.2. The first kappa shape index (κ1) is 21.0. The number of amides is 1. The molecular formula is C24H31NO4. The molecule has 1 amide bonds. The fourth-order valence-electron chi connectivity index (χ4n) is 3.84. The van der Waals surface area contributed by atoms with E-state index in [9.17, 15) is 4.79 Å². The molecule has 0 saturated heterocycles. The molecule has 0 saturated carbocycles. The van der Waals surface area contributed by atoms with E-state index in [1.165, 1.54) is 0 Å². The van der Waals surface area contributed by atoms with Crippen LogP contribution < -0.4 is 19.5 Å². The SMILES string of the molecule is CC[C@H](Oc1ccc(OC)cc1)C(=O)N[C@H]1CC(CC)(CC)Oc2ccccc21. The van der Waals surface area contributed by atoms with Crippen LogP contribution in [0.2, 0.25) is 0 Å². The van der Waals surface area contributed by atoms with Crippen LogP contribution in [0.5, 0.6) is 17.2 Å². The van der Waals surface area contributed by atoms with Gasteiger partial charge in [-0.3, -0.25) is 4.79 Å². The Bertz CT molecular complexity index is 814. The molecule has 1 heterocycles. The van der Waals surface area contributed by atoms with Crippen molar-refractivity contribution in [3.8, 4) is 17.2 Å². The van der Waals surface area contributed by atoms with Gasteiger partial charge in [0, 0.05) is 12.0 Å². The zero-order valence-corrected chi connectivity index (χ0v) is 17.7. The van der Waals surface area contributed by atoms with E-state index < -0.39 is 6.10 Å². The number of hydrogen-bond acceptors (Lipinski definition) is 4. The molecule has 5 heteroatoms. The van der Waals surface area contributed by atoms with Crippen molar-refractivity contribution in [2.45, 2.75) is 64.2 Å². The fourth-order valence-corrected chi connectivity index (χ4v) is 3.84. The van der Waals surface area contributed by atoms with Crippen molar-refractivity contribution in [1.29, 1.82) is 0 Å². The third-order valence-corrected chi connectivity index (χ3v) is 5.80. The molecular weight excluding hydrogens is 366 g/mol. The summed E-state index contributed by atoms with van der Waals surface area (Å²) in [6.45, 7) is 6.23. The van der Waals surface area contributed by atoms with Gasteiger partial charge in [0.2, 0.25) is 0 Å². The smallest absolute Gasteiger partial charge is 0.261 e. The van der Waals surface area contributed by atoms with Gasteiger partial charge in [0.05, 0.1) is 13.2 Å². The molecule has 1 aliphatic rings. The molecule has 0 aliphatic carbocycles. The van der Waals surface area contributed by atoms with Gasteiger partial charge in [-0.2, -0.15) is 0 Å². The second-order valence-corrected chi connectivity index (χ2v) is 7.49. The van der Waals surface area contributed by atoms with E-state index in [-0.39, 0.29) is 17.6 Å². The molecule has 3 rings (SSSR count). The maximum absolute atomic E-state index is 13.1. The Morgan fingerprint density at radius 3 is 2.38 bits per heavy atom. The van der Waals surface area contributed by atoms with Gasteiger partial charge in [-0.15, -0.1) is 0 Å². The Labute approximate surface area is 173 Å². The zero-order chi connectivity index (χ0) is 20.9. The minimum atomic E-state index is -0.559. The predicted molar refractivity (Wildman–Crippen MR) is 114 cm³/mol. The minimum absolute atomic E-state index is 0.0964. The first-order valence-corrected chi connectivity index (χ1v) is 10.4. The van der Waals surface area contributed by atoms with Gasteiger partial charge in [0.25, 0.3) is 5.91 Å². The highest BCUT2D eigenvalue weighted by atomic mass is 16.5. The highest BCUT2D eigenvalue weighted by Gasteiger charge is 2.39. The summed E-state index contributed by atoms with van der Waals surface area (Å²) in [4.78, 5) is 13.1. The molecule has 0 fully saturated rings. The lowest BCUT2D eigenvalue weighted by atomic mass is 9.83. The lowest BCUT2D eigenvalue weighted by Crippen LogP contribution is -2.47. The second kappa shape index (κ2) is 9.21. The van der Waals surface area contributed by atoms with Crippen molar-refractivity contribution in [2.75, 3.05) is 7.11 Å². The first-order chi connectivity index (χ1) is 14.0. The van der Waals surface area contributed by atoms with Gasteiger partial charge < -0.3 is 19.5 Å². The number of nitrogens with one attached hydrogen (secondary N) is 1. The number of hydrogen-bond donors (Lipinski definition) is 1. The number of carbonyl (C=O) groups is 1. The van der Waals surface area contributed by atoms with E-state index in [2.05, 4.69) is 19.2 Å². The van der Waals surface area contributed by atoms with Crippen LogP contribution in [0.4, 0.5) is 0 Å². The quantitative estimate of drug-likeness (QED) is 0.677. The van der Waals surface area contributed by atoms with Gasteiger partial charge in [0.15, 0.2) is 6.10 Å². The molecule has 156 valence electrons. The molecule has 0 aromatic heterocycles. The van der Waals surface area contributed by atoms with Crippen molar-refractivity contribution in [1.82, 2.24) is 5.32 Å². The number of ether oxygens (including phenoxy) is 3. The maximum Gasteiger partial charge on any atom is 0.261 e. The van der Waals surface area contributed by atoms with Crippen LogP contribution in [-0.2, 0) is 4.79 Å². The molecule has 29 heavy (non-hydrogen) atoms. The van der Waals surface area contributed by atoms with Crippen LogP contribution in [0.3, 0.4) is 0 Å². The lowest BCUT2D eigenvalue weighted by molar-refractivity contribution is -0.129. The molecule has 0 bridgehead atoms. The zero-order valence-electron chi connectivity index (χ0n) is 17.7. The highest BCUT2D eigenvalue weighted by molar-refractivity contribution is 5.81. The summed E-state index contributed by atoms with van der Waals surface area (Å²) < 4.78 is 17.5. The average molecular weight is 398 g/mol. The summed E-state index contributed by atoms with van der Waals surface area (Å²) in [5.74, 6) is 2.16. The average Bonchev–Trinajstić information content (AvgIpc) is 2.77. The summed E-state index contributed by atoms with van der Waals surface area (Å²) in [6.07, 6.45) is 2.56. The maximum atomic E-state index is 13.1. The van der Waals surface area contributed by atoms with Crippen molar-refractivity contribution in [3.63, 3.8) is 0 Å². The van der Waals surface area contributed by atoms with Crippen LogP contribution in [0, 0.1) is 0 Å². The van der Waals surface area contributed by atoms with Crippen molar-refractivity contribution in [2.24, 2.45) is 0 Å². The summed E-state index contributed by atoms with van der Waals surface area (Å²) >= 11 is 0. The van der Waals surface area contributed by atoms with E-state index in [0.29, 0.717) is 12.2 Å². The largest absolute Gasteiger partial charge is 0.497 e. The summed E-state index contributed by atoms with van der Waals surface area (Å²) in [5, 5.41) is 3.22. The summed E-state index contributed by atoms with van der Waals surface area (Å²) in [5.41, 5.74) is 0.767. The van der Waals surface area contributed by atoms with Crippen molar-refractivity contribution in [3.05, 3.63) is 54.1 Å². The van der Waals surface area contributed by atoms with E-state index >= 15 is 0 Å². The molecule has 5 nitrogen and oxygen atoms in total. The number of rotatable bonds is 8. The van der Waals surface area contributed by atoms with Gasteiger partial charge in [-0.05, 0) is 49.6 Å². The van der Waals surface area contributed by atoms with Crippen LogP contribution in [-0.4, -0.2) is 24.7 Å². The van der Waals surface area contributed by atoms with Crippen LogP contribution in [0.1, 0.15) is 58.1 Å². The van der Waals surface area contributed by atoms with Crippen molar-refractivity contribution >= 4 is 5.91 Å². The van der Waals surface area contributed by atoms with E-state index in [0.717, 1.165) is 36.3 Å². The monoisotopic (exact) mass is 397 g/mol.